The molecule has 0 aliphatic rings. The Morgan fingerprint density at radius 1 is 0.292 bits per heavy atom. The summed E-state index contributed by atoms with van der Waals surface area (Å²) in [7, 11) is -9.91. The van der Waals surface area contributed by atoms with Gasteiger partial charge < -0.3 is 33.8 Å². The zero-order valence-electron chi connectivity index (χ0n) is 63.0. The van der Waals surface area contributed by atoms with Crippen molar-refractivity contribution in [2.75, 3.05) is 39.6 Å². The number of hydrogen-bond donors (Lipinski definition) is 3. The number of hydrogen-bond acceptors (Lipinski definition) is 15. The topological polar surface area (TPSA) is 237 Å². The summed E-state index contributed by atoms with van der Waals surface area (Å²) in [6, 6.07) is 0. The molecule has 0 aromatic carbocycles. The lowest BCUT2D eigenvalue weighted by Crippen LogP contribution is -2.30. The van der Waals surface area contributed by atoms with Gasteiger partial charge in [-0.1, -0.05) is 338 Å². The predicted molar refractivity (Wildman–Crippen MR) is 391 cm³/mol. The van der Waals surface area contributed by atoms with Crippen LogP contribution in [0, 0.1) is 23.7 Å². The van der Waals surface area contributed by atoms with Gasteiger partial charge in [0.1, 0.15) is 19.3 Å². The Morgan fingerprint density at radius 2 is 0.500 bits per heavy atom. The highest BCUT2D eigenvalue weighted by molar-refractivity contribution is 7.47. The number of unbranched alkanes of at least 4 members (excludes halogenated alkanes) is 39. The maximum Gasteiger partial charge on any atom is 0.472 e. The molecule has 0 heterocycles. The van der Waals surface area contributed by atoms with E-state index in [9.17, 15) is 43.2 Å². The first-order valence-corrected chi connectivity index (χ1v) is 42.7. The van der Waals surface area contributed by atoms with Gasteiger partial charge in [-0.05, 0) is 49.4 Å². The van der Waals surface area contributed by atoms with Crippen LogP contribution in [0.3, 0.4) is 0 Å². The summed E-state index contributed by atoms with van der Waals surface area (Å²) in [6.45, 7) is 14.2. The molecule has 0 saturated carbocycles. The third-order valence-electron chi connectivity index (χ3n) is 18.2. The maximum atomic E-state index is 13.1. The van der Waals surface area contributed by atoms with Crippen LogP contribution in [0.4, 0.5) is 0 Å². The number of phosphoric acid groups is 2. The number of aliphatic hydroxyl groups is 1. The molecule has 0 spiro atoms. The molecular formula is C77H150O17P2. The molecule has 0 fully saturated rings. The van der Waals surface area contributed by atoms with E-state index in [0.717, 1.165) is 114 Å². The summed E-state index contributed by atoms with van der Waals surface area (Å²) in [5, 5.41) is 10.6. The third kappa shape index (κ3) is 69.2. The van der Waals surface area contributed by atoms with Crippen molar-refractivity contribution in [1.29, 1.82) is 0 Å². The number of ether oxygens (including phenoxy) is 4. The molecule has 6 atom stereocenters. The van der Waals surface area contributed by atoms with Crippen LogP contribution < -0.4 is 0 Å². The highest BCUT2D eigenvalue weighted by atomic mass is 31.2. The first-order chi connectivity index (χ1) is 46.1. The van der Waals surface area contributed by atoms with E-state index in [0.29, 0.717) is 31.6 Å². The molecule has 17 nitrogen and oxygen atoms in total. The first kappa shape index (κ1) is 94.1. The van der Waals surface area contributed by atoms with E-state index in [4.69, 9.17) is 37.0 Å². The summed E-state index contributed by atoms with van der Waals surface area (Å²) in [5.74, 6) is 0.917. The normalized spacial score (nSPS) is 14.4. The quantitative estimate of drug-likeness (QED) is 0.0222. The minimum absolute atomic E-state index is 0.104. The van der Waals surface area contributed by atoms with Crippen molar-refractivity contribution < 1.29 is 80.2 Å². The van der Waals surface area contributed by atoms with Gasteiger partial charge in [0.05, 0.1) is 26.4 Å². The molecule has 3 unspecified atom stereocenters. The van der Waals surface area contributed by atoms with Gasteiger partial charge in [0.15, 0.2) is 12.2 Å². The van der Waals surface area contributed by atoms with Crippen molar-refractivity contribution in [2.45, 2.75) is 408 Å². The van der Waals surface area contributed by atoms with E-state index in [2.05, 4.69) is 55.4 Å². The van der Waals surface area contributed by atoms with Crippen LogP contribution in [0.5, 0.6) is 0 Å². The van der Waals surface area contributed by atoms with E-state index in [1.165, 1.54) is 186 Å². The second-order valence-corrected chi connectivity index (χ2v) is 32.3. The van der Waals surface area contributed by atoms with Gasteiger partial charge >= 0.3 is 39.5 Å². The van der Waals surface area contributed by atoms with Gasteiger partial charge in [-0.3, -0.25) is 37.3 Å². The Labute approximate surface area is 588 Å². The fourth-order valence-electron chi connectivity index (χ4n) is 11.7. The molecule has 0 aromatic heterocycles. The van der Waals surface area contributed by atoms with Crippen LogP contribution in [0.1, 0.15) is 389 Å². The average Bonchev–Trinajstić information content (AvgIpc) is 1.21. The molecule has 19 heteroatoms. The van der Waals surface area contributed by atoms with Crippen LogP contribution in [0.25, 0.3) is 0 Å². The molecule has 96 heavy (non-hydrogen) atoms. The molecule has 0 rings (SSSR count). The highest BCUT2D eigenvalue weighted by Crippen LogP contribution is 2.45. The predicted octanol–water partition coefficient (Wildman–Crippen LogP) is 22.4. The standard InChI is InChI=1S/C77H150O17P2/c1-9-70(8)56-48-40-31-27-28-34-44-52-60-77(82)94-73(64-88-75(80)58-50-42-36-35-39-47-55-69(6)7)66-92-96(85,86)90-62-71(78)61-89-95(83,84)91-65-72(63-87-74(79)57-49-41-32-25-22-18-20-24-30-38-46-54-68(4)5)93-76(81)59-51-43-33-26-21-17-15-13-11-10-12-14-16-19-23-29-37-45-53-67(2)3/h67-73,78H,9-66H2,1-8H3,(H,83,84)(H,85,86)/t70?,71-,72-,73-/m1/s1. The Bertz CT molecular complexity index is 1890. The maximum absolute atomic E-state index is 13.1. The van der Waals surface area contributed by atoms with Gasteiger partial charge in [-0.15, -0.1) is 0 Å². The van der Waals surface area contributed by atoms with Crippen LogP contribution in [0.15, 0.2) is 0 Å². The van der Waals surface area contributed by atoms with Crippen molar-refractivity contribution in [2.24, 2.45) is 23.7 Å². The Morgan fingerprint density at radius 3 is 0.740 bits per heavy atom. The molecule has 570 valence electrons. The molecule has 0 saturated heterocycles. The molecule has 3 N–H and O–H groups in total. The van der Waals surface area contributed by atoms with E-state index >= 15 is 0 Å². The van der Waals surface area contributed by atoms with Crippen LogP contribution in [-0.4, -0.2) is 96.7 Å². The van der Waals surface area contributed by atoms with Crippen molar-refractivity contribution in [3.63, 3.8) is 0 Å². The number of phosphoric ester groups is 2. The average molecular weight is 1410 g/mol. The molecule has 0 radical (unpaired) electrons. The lowest BCUT2D eigenvalue weighted by atomic mass is 9.99. The molecule has 0 amide bonds. The third-order valence-corrected chi connectivity index (χ3v) is 20.1. The molecule has 0 aliphatic heterocycles. The Hall–Kier alpha value is -1.94. The molecule has 0 aromatic rings. The monoisotopic (exact) mass is 1410 g/mol. The van der Waals surface area contributed by atoms with Crippen LogP contribution >= 0.6 is 15.6 Å². The van der Waals surface area contributed by atoms with Gasteiger partial charge in [-0.25, -0.2) is 9.13 Å². The largest absolute Gasteiger partial charge is 0.472 e. The van der Waals surface area contributed by atoms with Gasteiger partial charge in [0, 0.05) is 25.7 Å². The number of carbonyl (C=O) groups is 4. The van der Waals surface area contributed by atoms with Gasteiger partial charge in [-0.2, -0.15) is 0 Å². The van der Waals surface area contributed by atoms with E-state index in [1.54, 1.807) is 0 Å². The van der Waals surface area contributed by atoms with E-state index in [-0.39, 0.29) is 25.7 Å². The zero-order chi connectivity index (χ0) is 71.0. The van der Waals surface area contributed by atoms with Crippen molar-refractivity contribution in [1.82, 2.24) is 0 Å². The van der Waals surface area contributed by atoms with Crippen molar-refractivity contribution in [3.8, 4) is 0 Å². The SMILES string of the molecule is CCC(C)CCCCCCCCCCC(=O)O[C@H](COC(=O)CCCCCCCCC(C)C)COP(=O)(O)OC[C@H](O)COP(=O)(O)OC[C@@H](COC(=O)CCCCCCCCCCCCCC(C)C)OC(=O)CCCCCCCCCCCCCCCCCCCCC(C)C. The van der Waals surface area contributed by atoms with Crippen molar-refractivity contribution >= 4 is 39.5 Å². The summed E-state index contributed by atoms with van der Waals surface area (Å²) in [5.41, 5.74) is 0. The Balaban J connectivity index is 5.21. The smallest absolute Gasteiger partial charge is 0.462 e. The lowest BCUT2D eigenvalue weighted by Gasteiger charge is -2.21. The van der Waals surface area contributed by atoms with Crippen LogP contribution in [-0.2, 0) is 65.4 Å². The zero-order valence-corrected chi connectivity index (χ0v) is 64.8. The van der Waals surface area contributed by atoms with E-state index < -0.39 is 97.5 Å². The Kier molecular flexibility index (Phi) is 65.0. The van der Waals surface area contributed by atoms with Crippen molar-refractivity contribution in [3.05, 3.63) is 0 Å². The molecular weight excluding hydrogens is 1260 g/mol. The minimum atomic E-state index is -4.96. The molecule has 0 bridgehead atoms. The molecule has 0 aliphatic carbocycles. The van der Waals surface area contributed by atoms with Gasteiger partial charge in [0.2, 0.25) is 0 Å². The fraction of sp³-hybridized carbons (Fsp3) is 0.948. The summed E-state index contributed by atoms with van der Waals surface area (Å²) in [4.78, 5) is 72.8. The number of carbonyl (C=O) groups excluding carboxylic acids is 4. The fourth-order valence-corrected chi connectivity index (χ4v) is 13.3. The second-order valence-electron chi connectivity index (χ2n) is 29.4. The summed E-state index contributed by atoms with van der Waals surface area (Å²) >= 11 is 0. The highest BCUT2D eigenvalue weighted by Gasteiger charge is 2.30. The second kappa shape index (κ2) is 66.3. The number of esters is 4. The van der Waals surface area contributed by atoms with Gasteiger partial charge in [0.25, 0.3) is 0 Å². The summed E-state index contributed by atoms with van der Waals surface area (Å²) in [6.07, 6.45) is 51.6. The van der Waals surface area contributed by atoms with Crippen LogP contribution in [0.2, 0.25) is 0 Å². The number of rotatable bonds is 74. The van der Waals surface area contributed by atoms with E-state index in [1.807, 2.05) is 0 Å². The minimum Gasteiger partial charge on any atom is -0.462 e. The lowest BCUT2D eigenvalue weighted by molar-refractivity contribution is -0.161. The summed E-state index contributed by atoms with van der Waals surface area (Å²) < 4.78 is 68.5. The number of aliphatic hydroxyl groups excluding tert-OH is 1. The first-order valence-electron chi connectivity index (χ1n) is 39.7.